The molecule has 0 saturated heterocycles. The van der Waals surface area contributed by atoms with E-state index in [1.165, 1.54) is 7.11 Å². The zero-order valence-corrected chi connectivity index (χ0v) is 8.75. The molecule has 0 aliphatic rings. The Balaban J connectivity index is 2.18. The number of carbonyl (C=O) groups excluding carboxylic acids is 1. The smallest absolute Gasteiger partial charge is 0.323 e. The maximum Gasteiger partial charge on any atom is 0.323 e. The molecule has 1 rings (SSSR count). The van der Waals surface area contributed by atoms with E-state index in [1.54, 1.807) is 24.3 Å². The highest BCUT2D eigenvalue weighted by Gasteiger charge is 2.13. The highest BCUT2D eigenvalue weighted by Crippen LogP contribution is 2.13. The van der Waals surface area contributed by atoms with Crippen molar-refractivity contribution in [1.82, 2.24) is 0 Å². The molecular weight excluding hydrogens is 202 g/mol. The largest absolute Gasteiger partial charge is 0.472 e. The molecule has 1 unspecified atom stereocenters. The Hall–Kier alpha value is -0.940. The third kappa shape index (κ3) is 3.43. The van der Waals surface area contributed by atoms with Crippen LogP contribution < -0.4 is 5.73 Å². The van der Waals surface area contributed by atoms with Crippen molar-refractivity contribution in [3.05, 3.63) is 24.2 Å². The Labute approximate surface area is 86.8 Å². The molecule has 0 aliphatic carbocycles. The monoisotopic (exact) mass is 215 g/mol. The molecule has 1 atom stereocenters. The molecule has 0 aromatic carbocycles. The van der Waals surface area contributed by atoms with Crippen molar-refractivity contribution in [2.45, 2.75) is 11.8 Å². The number of esters is 1. The second-order valence-electron chi connectivity index (χ2n) is 2.78. The van der Waals surface area contributed by atoms with Crippen LogP contribution in [0.15, 0.2) is 23.0 Å². The Morgan fingerprint density at radius 2 is 2.57 bits per heavy atom. The van der Waals surface area contributed by atoms with Gasteiger partial charge in [0.1, 0.15) is 6.04 Å². The molecule has 1 heterocycles. The minimum absolute atomic E-state index is 0.371. The van der Waals surface area contributed by atoms with Crippen LogP contribution in [-0.4, -0.2) is 24.9 Å². The summed E-state index contributed by atoms with van der Waals surface area (Å²) < 4.78 is 9.41. The van der Waals surface area contributed by atoms with Gasteiger partial charge in [-0.05, 0) is 6.07 Å². The van der Waals surface area contributed by atoms with Gasteiger partial charge in [-0.15, -0.1) is 0 Å². The first-order chi connectivity index (χ1) is 6.74. The van der Waals surface area contributed by atoms with Crippen molar-refractivity contribution < 1.29 is 13.9 Å². The molecule has 5 heteroatoms. The van der Waals surface area contributed by atoms with E-state index < -0.39 is 6.04 Å². The number of hydrogen-bond acceptors (Lipinski definition) is 5. The van der Waals surface area contributed by atoms with Gasteiger partial charge in [0.05, 0.1) is 19.6 Å². The predicted octanol–water partition coefficient (Wildman–Crippen LogP) is 1.01. The molecule has 14 heavy (non-hydrogen) atoms. The fourth-order valence-electron chi connectivity index (χ4n) is 0.898. The molecular formula is C9H13NO3S. The number of furan rings is 1. The molecule has 0 amide bonds. The van der Waals surface area contributed by atoms with Crippen LogP contribution >= 0.6 is 11.8 Å². The number of thioether (sulfide) groups is 1. The average molecular weight is 215 g/mol. The minimum Gasteiger partial charge on any atom is -0.472 e. The molecule has 2 N–H and O–H groups in total. The van der Waals surface area contributed by atoms with Crippen LogP contribution in [-0.2, 0) is 15.3 Å². The van der Waals surface area contributed by atoms with Crippen molar-refractivity contribution in [2.24, 2.45) is 5.73 Å². The molecule has 0 radical (unpaired) electrons. The summed E-state index contributed by atoms with van der Waals surface area (Å²) in [5.41, 5.74) is 6.64. The van der Waals surface area contributed by atoms with E-state index in [2.05, 4.69) is 4.74 Å². The van der Waals surface area contributed by atoms with Gasteiger partial charge in [-0.25, -0.2) is 0 Å². The predicted molar refractivity (Wildman–Crippen MR) is 54.9 cm³/mol. The van der Waals surface area contributed by atoms with Gasteiger partial charge < -0.3 is 14.9 Å². The summed E-state index contributed by atoms with van der Waals surface area (Å²) in [6.45, 7) is 0. The maximum atomic E-state index is 10.9. The van der Waals surface area contributed by atoms with Crippen molar-refractivity contribution in [3.63, 3.8) is 0 Å². The Morgan fingerprint density at radius 3 is 3.14 bits per heavy atom. The van der Waals surface area contributed by atoms with Crippen molar-refractivity contribution in [1.29, 1.82) is 0 Å². The van der Waals surface area contributed by atoms with Crippen LogP contribution in [0, 0.1) is 0 Å². The van der Waals surface area contributed by atoms with E-state index in [-0.39, 0.29) is 5.97 Å². The van der Waals surface area contributed by atoms with Crippen LogP contribution in [0.1, 0.15) is 5.56 Å². The van der Waals surface area contributed by atoms with Crippen molar-refractivity contribution in [3.8, 4) is 0 Å². The first-order valence-electron chi connectivity index (χ1n) is 4.16. The van der Waals surface area contributed by atoms with Crippen LogP contribution in [0.5, 0.6) is 0 Å². The second kappa shape index (κ2) is 5.72. The van der Waals surface area contributed by atoms with Crippen LogP contribution in [0.3, 0.4) is 0 Å². The standard InChI is InChI=1S/C9H13NO3S/c1-12-9(11)8(10)6-14-5-7-2-3-13-4-7/h2-4,8H,5-6,10H2,1H3. The van der Waals surface area contributed by atoms with E-state index in [0.29, 0.717) is 5.75 Å². The molecule has 1 aromatic heterocycles. The summed E-state index contributed by atoms with van der Waals surface area (Å²) in [4.78, 5) is 10.9. The molecule has 0 aliphatic heterocycles. The SMILES string of the molecule is COC(=O)C(N)CSCc1ccoc1. The average Bonchev–Trinajstić information content (AvgIpc) is 2.69. The summed E-state index contributed by atoms with van der Waals surface area (Å²) in [5.74, 6) is 0.976. The first-order valence-corrected chi connectivity index (χ1v) is 5.31. The summed E-state index contributed by atoms with van der Waals surface area (Å²) in [6.07, 6.45) is 3.30. The van der Waals surface area contributed by atoms with Gasteiger partial charge in [0, 0.05) is 17.1 Å². The van der Waals surface area contributed by atoms with E-state index in [1.807, 2.05) is 6.07 Å². The maximum absolute atomic E-state index is 10.9. The van der Waals surface area contributed by atoms with Gasteiger partial charge >= 0.3 is 5.97 Å². The second-order valence-corrected chi connectivity index (χ2v) is 3.81. The summed E-state index contributed by atoms with van der Waals surface area (Å²) in [6, 6.07) is 1.34. The van der Waals surface area contributed by atoms with Crippen molar-refractivity contribution in [2.75, 3.05) is 12.9 Å². The van der Waals surface area contributed by atoms with Gasteiger partial charge in [0.2, 0.25) is 0 Å². The van der Waals surface area contributed by atoms with Gasteiger partial charge in [0.15, 0.2) is 0 Å². The number of hydrogen-bond donors (Lipinski definition) is 1. The summed E-state index contributed by atoms with van der Waals surface area (Å²) in [5, 5.41) is 0. The van der Waals surface area contributed by atoms with Gasteiger partial charge in [-0.1, -0.05) is 0 Å². The number of rotatable bonds is 5. The highest BCUT2D eigenvalue weighted by atomic mass is 32.2. The molecule has 0 fully saturated rings. The molecule has 4 nitrogen and oxygen atoms in total. The molecule has 0 bridgehead atoms. The van der Waals surface area contributed by atoms with E-state index in [0.717, 1.165) is 11.3 Å². The van der Waals surface area contributed by atoms with Crippen LogP contribution in [0.25, 0.3) is 0 Å². The number of nitrogens with two attached hydrogens (primary N) is 1. The lowest BCUT2D eigenvalue weighted by atomic mass is 10.4. The minimum atomic E-state index is -0.545. The van der Waals surface area contributed by atoms with Crippen LogP contribution in [0.4, 0.5) is 0 Å². The third-order valence-corrected chi connectivity index (χ3v) is 2.78. The van der Waals surface area contributed by atoms with E-state index >= 15 is 0 Å². The molecule has 1 aromatic rings. The molecule has 78 valence electrons. The normalized spacial score (nSPS) is 12.4. The molecule has 0 spiro atoms. The third-order valence-electron chi connectivity index (χ3n) is 1.65. The Kier molecular flexibility index (Phi) is 4.55. The zero-order chi connectivity index (χ0) is 10.4. The van der Waals surface area contributed by atoms with E-state index in [9.17, 15) is 4.79 Å². The van der Waals surface area contributed by atoms with Gasteiger partial charge in [0.25, 0.3) is 0 Å². The fraction of sp³-hybridized carbons (Fsp3) is 0.444. The summed E-state index contributed by atoms with van der Waals surface area (Å²) in [7, 11) is 1.34. The zero-order valence-electron chi connectivity index (χ0n) is 7.93. The van der Waals surface area contributed by atoms with Crippen molar-refractivity contribution >= 4 is 17.7 Å². The lowest BCUT2D eigenvalue weighted by molar-refractivity contribution is -0.141. The number of methoxy groups -OCH3 is 1. The Bertz CT molecular complexity index is 274. The van der Waals surface area contributed by atoms with Crippen LogP contribution in [0.2, 0.25) is 0 Å². The summed E-state index contributed by atoms with van der Waals surface area (Å²) >= 11 is 1.58. The Morgan fingerprint density at radius 1 is 1.79 bits per heavy atom. The highest BCUT2D eigenvalue weighted by molar-refractivity contribution is 7.98. The fourth-order valence-corrected chi connectivity index (χ4v) is 1.81. The number of carbonyl (C=O) groups is 1. The van der Waals surface area contributed by atoms with E-state index in [4.69, 9.17) is 10.2 Å². The number of ether oxygens (including phenoxy) is 1. The first kappa shape index (κ1) is 11.1. The quantitative estimate of drug-likeness (QED) is 0.743. The topological polar surface area (TPSA) is 65.5 Å². The van der Waals surface area contributed by atoms with Gasteiger partial charge in [-0.3, -0.25) is 4.79 Å². The lowest BCUT2D eigenvalue weighted by Gasteiger charge is -2.07. The van der Waals surface area contributed by atoms with Gasteiger partial charge in [-0.2, -0.15) is 11.8 Å². The molecule has 0 saturated carbocycles. The lowest BCUT2D eigenvalue weighted by Crippen LogP contribution is -2.33.